The molecule has 0 spiro atoms. The maximum absolute atomic E-state index is 12.9. The first-order valence-corrected chi connectivity index (χ1v) is 8.08. The SMILES string of the molecule is O=C(N/N=C/c1ccc(OC(=O)c2ccc(F)cc2)cc1)c1ccccc1. The highest BCUT2D eigenvalue weighted by atomic mass is 19.1. The van der Waals surface area contributed by atoms with Crippen LogP contribution in [-0.4, -0.2) is 18.1 Å². The lowest BCUT2D eigenvalue weighted by Crippen LogP contribution is -2.17. The fraction of sp³-hybridized carbons (Fsp3) is 0. The summed E-state index contributed by atoms with van der Waals surface area (Å²) < 4.78 is 18.1. The number of hydrazone groups is 1. The Hall–Kier alpha value is -3.80. The lowest BCUT2D eigenvalue weighted by Gasteiger charge is -2.04. The van der Waals surface area contributed by atoms with Crippen molar-refractivity contribution in [1.29, 1.82) is 0 Å². The molecule has 1 amide bonds. The number of benzene rings is 3. The van der Waals surface area contributed by atoms with Crippen LogP contribution in [0.25, 0.3) is 0 Å². The number of nitrogens with zero attached hydrogens (tertiary/aromatic N) is 1. The van der Waals surface area contributed by atoms with E-state index in [9.17, 15) is 14.0 Å². The molecule has 0 aliphatic carbocycles. The van der Waals surface area contributed by atoms with Gasteiger partial charge in [0.1, 0.15) is 11.6 Å². The molecule has 6 heteroatoms. The van der Waals surface area contributed by atoms with Gasteiger partial charge >= 0.3 is 5.97 Å². The molecule has 0 aliphatic heterocycles. The van der Waals surface area contributed by atoms with Crippen molar-refractivity contribution in [2.75, 3.05) is 0 Å². The summed E-state index contributed by atoms with van der Waals surface area (Å²) in [6, 6.07) is 20.4. The molecule has 0 atom stereocenters. The third kappa shape index (κ3) is 5.09. The minimum Gasteiger partial charge on any atom is -0.423 e. The summed E-state index contributed by atoms with van der Waals surface area (Å²) in [5, 5.41) is 3.90. The number of hydrogen-bond acceptors (Lipinski definition) is 4. The summed E-state index contributed by atoms with van der Waals surface area (Å²) in [4.78, 5) is 23.8. The van der Waals surface area contributed by atoms with E-state index in [1.807, 2.05) is 6.07 Å². The maximum Gasteiger partial charge on any atom is 0.343 e. The van der Waals surface area contributed by atoms with Crippen LogP contribution >= 0.6 is 0 Å². The molecule has 0 saturated heterocycles. The molecule has 0 fully saturated rings. The summed E-state index contributed by atoms with van der Waals surface area (Å²) in [5.74, 6) is -0.965. The van der Waals surface area contributed by atoms with Crippen molar-refractivity contribution in [3.8, 4) is 5.75 Å². The molecule has 0 unspecified atom stereocenters. The van der Waals surface area contributed by atoms with Gasteiger partial charge in [0.05, 0.1) is 11.8 Å². The number of ether oxygens (including phenoxy) is 1. The van der Waals surface area contributed by atoms with Crippen LogP contribution in [0.4, 0.5) is 4.39 Å². The number of nitrogens with one attached hydrogen (secondary N) is 1. The van der Waals surface area contributed by atoms with Gasteiger partial charge in [-0.1, -0.05) is 18.2 Å². The van der Waals surface area contributed by atoms with Crippen molar-refractivity contribution in [3.05, 3.63) is 101 Å². The van der Waals surface area contributed by atoms with Crippen LogP contribution in [0.1, 0.15) is 26.3 Å². The first kappa shape index (κ1) is 18.0. The Morgan fingerprint density at radius 1 is 0.852 bits per heavy atom. The Morgan fingerprint density at radius 2 is 1.52 bits per heavy atom. The predicted molar refractivity (Wildman–Crippen MR) is 99.3 cm³/mol. The Labute approximate surface area is 155 Å². The second kappa shape index (κ2) is 8.53. The number of hydrogen-bond donors (Lipinski definition) is 1. The van der Waals surface area contributed by atoms with Crippen molar-refractivity contribution < 1.29 is 18.7 Å². The van der Waals surface area contributed by atoms with Crippen LogP contribution in [0.5, 0.6) is 5.75 Å². The van der Waals surface area contributed by atoms with Crippen LogP contribution in [0, 0.1) is 5.82 Å². The smallest absolute Gasteiger partial charge is 0.343 e. The molecular weight excluding hydrogens is 347 g/mol. The van der Waals surface area contributed by atoms with Gasteiger partial charge in [-0.3, -0.25) is 4.79 Å². The maximum atomic E-state index is 12.9. The van der Waals surface area contributed by atoms with Crippen molar-refractivity contribution >= 4 is 18.1 Å². The van der Waals surface area contributed by atoms with Crippen molar-refractivity contribution in [3.63, 3.8) is 0 Å². The van der Waals surface area contributed by atoms with E-state index in [2.05, 4.69) is 10.5 Å². The van der Waals surface area contributed by atoms with Gasteiger partial charge in [-0.25, -0.2) is 14.6 Å². The van der Waals surface area contributed by atoms with E-state index in [0.29, 0.717) is 16.9 Å². The Kier molecular flexibility index (Phi) is 5.69. The van der Waals surface area contributed by atoms with Crippen LogP contribution in [0.2, 0.25) is 0 Å². The van der Waals surface area contributed by atoms with E-state index in [1.165, 1.54) is 30.5 Å². The second-order valence-electron chi connectivity index (χ2n) is 5.53. The topological polar surface area (TPSA) is 67.8 Å². The van der Waals surface area contributed by atoms with Crippen molar-refractivity contribution in [1.82, 2.24) is 5.43 Å². The molecule has 1 N–H and O–H groups in total. The van der Waals surface area contributed by atoms with E-state index in [-0.39, 0.29) is 11.5 Å². The van der Waals surface area contributed by atoms with Crippen molar-refractivity contribution in [2.24, 2.45) is 5.10 Å². The summed E-state index contributed by atoms with van der Waals surface area (Å²) >= 11 is 0. The summed E-state index contributed by atoms with van der Waals surface area (Å²) in [7, 11) is 0. The number of rotatable bonds is 5. The summed E-state index contributed by atoms with van der Waals surface area (Å²) in [5.41, 5.74) is 3.91. The Balaban J connectivity index is 1.56. The molecule has 0 saturated carbocycles. The highest BCUT2D eigenvalue weighted by molar-refractivity contribution is 5.95. The van der Waals surface area contributed by atoms with Crippen LogP contribution in [0.15, 0.2) is 84.0 Å². The zero-order valence-corrected chi connectivity index (χ0v) is 14.1. The van der Waals surface area contributed by atoms with Crippen LogP contribution in [-0.2, 0) is 0 Å². The van der Waals surface area contributed by atoms with E-state index < -0.39 is 11.8 Å². The van der Waals surface area contributed by atoms with Gasteiger partial charge in [0.2, 0.25) is 0 Å². The molecular formula is C21H15FN2O3. The molecule has 3 rings (SSSR count). The molecule has 0 aliphatic rings. The number of carbonyl (C=O) groups excluding carboxylic acids is 2. The molecule has 3 aromatic carbocycles. The molecule has 5 nitrogen and oxygen atoms in total. The lowest BCUT2D eigenvalue weighted by molar-refractivity contribution is 0.0734. The minimum atomic E-state index is -0.577. The zero-order valence-electron chi connectivity index (χ0n) is 14.1. The van der Waals surface area contributed by atoms with Crippen LogP contribution < -0.4 is 10.2 Å². The monoisotopic (exact) mass is 362 g/mol. The first-order chi connectivity index (χ1) is 13.1. The van der Waals surface area contributed by atoms with Crippen LogP contribution in [0.3, 0.4) is 0 Å². The standard InChI is InChI=1S/C21H15FN2O3/c22-18-10-8-17(9-11-18)21(26)27-19-12-6-15(7-13-19)14-23-24-20(25)16-4-2-1-3-5-16/h1-14H,(H,24,25)/b23-14+. The minimum absolute atomic E-state index is 0.255. The molecule has 0 bridgehead atoms. The van der Waals surface area contributed by atoms with Crippen molar-refractivity contribution in [2.45, 2.75) is 0 Å². The average Bonchev–Trinajstić information content (AvgIpc) is 2.70. The lowest BCUT2D eigenvalue weighted by atomic mass is 10.2. The number of halogens is 1. The zero-order chi connectivity index (χ0) is 19.1. The number of carbonyl (C=O) groups is 2. The Bertz CT molecular complexity index is 953. The third-order valence-corrected chi connectivity index (χ3v) is 3.59. The van der Waals surface area contributed by atoms with Gasteiger partial charge < -0.3 is 4.74 Å². The quantitative estimate of drug-likeness (QED) is 0.325. The van der Waals surface area contributed by atoms with Gasteiger partial charge in [-0.2, -0.15) is 5.10 Å². The summed E-state index contributed by atoms with van der Waals surface area (Å²) in [6.45, 7) is 0. The number of amides is 1. The van der Waals surface area contributed by atoms with Gasteiger partial charge in [0, 0.05) is 5.56 Å². The van der Waals surface area contributed by atoms with Gasteiger partial charge in [-0.05, 0) is 66.2 Å². The predicted octanol–water partition coefficient (Wildman–Crippen LogP) is 3.81. The fourth-order valence-electron chi connectivity index (χ4n) is 2.19. The van der Waals surface area contributed by atoms with E-state index >= 15 is 0 Å². The molecule has 0 heterocycles. The third-order valence-electron chi connectivity index (χ3n) is 3.59. The average molecular weight is 362 g/mol. The van der Waals surface area contributed by atoms with E-state index in [1.54, 1.807) is 48.5 Å². The van der Waals surface area contributed by atoms with E-state index in [0.717, 1.165) is 0 Å². The van der Waals surface area contributed by atoms with E-state index in [4.69, 9.17) is 4.74 Å². The fourth-order valence-corrected chi connectivity index (χ4v) is 2.19. The highest BCUT2D eigenvalue weighted by Crippen LogP contribution is 2.14. The highest BCUT2D eigenvalue weighted by Gasteiger charge is 2.08. The normalized spacial score (nSPS) is 10.6. The molecule has 3 aromatic rings. The Morgan fingerprint density at radius 3 is 2.19 bits per heavy atom. The van der Waals surface area contributed by atoms with Gasteiger partial charge in [0.25, 0.3) is 5.91 Å². The molecule has 27 heavy (non-hydrogen) atoms. The van der Waals surface area contributed by atoms with Gasteiger partial charge in [0.15, 0.2) is 0 Å². The largest absolute Gasteiger partial charge is 0.423 e. The molecule has 0 aromatic heterocycles. The van der Waals surface area contributed by atoms with Gasteiger partial charge in [-0.15, -0.1) is 0 Å². The second-order valence-corrected chi connectivity index (χ2v) is 5.53. The number of esters is 1. The summed E-state index contributed by atoms with van der Waals surface area (Å²) in [6.07, 6.45) is 1.48. The molecule has 134 valence electrons. The molecule has 0 radical (unpaired) electrons. The first-order valence-electron chi connectivity index (χ1n) is 8.08.